The first-order chi connectivity index (χ1) is 10.5. The van der Waals surface area contributed by atoms with Crippen LogP contribution in [0.3, 0.4) is 0 Å². The zero-order chi connectivity index (χ0) is 15.7. The Morgan fingerprint density at radius 3 is 2.86 bits per heavy atom. The average Bonchev–Trinajstić information content (AvgIpc) is 3.11. The Labute approximate surface area is 127 Å². The number of hydrogen-bond acceptors (Lipinski definition) is 4. The molecule has 7 heteroatoms. The molecule has 1 unspecified atom stereocenters. The number of nitrogens with zero attached hydrogens (tertiary/aromatic N) is 1. The monoisotopic (exact) mass is 306 g/mol. The zero-order valence-corrected chi connectivity index (χ0v) is 12.3. The predicted molar refractivity (Wildman–Crippen MR) is 76.7 cm³/mol. The van der Waals surface area contributed by atoms with Gasteiger partial charge in [-0.2, -0.15) is 0 Å². The Bertz CT molecular complexity index is 618. The molecule has 2 amide bonds. The van der Waals surface area contributed by atoms with Crippen molar-refractivity contribution in [1.82, 2.24) is 10.2 Å². The minimum absolute atomic E-state index is 0.215. The number of carbonyl (C=O) groups excluding carboxylic acids is 1. The number of amides is 2. The van der Waals surface area contributed by atoms with Crippen LogP contribution in [0.2, 0.25) is 0 Å². The first kappa shape index (κ1) is 14.5. The first-order valence-corrected chi connectivity index (χ1v) is 7.13. The third-order valence-corrected chi connectivity index (χ3v) is 4.16. The number of ether oxygens (including phenoxy) is 2. The van der Waals surface area contributed by atoms with Crippen LogP contribution in [0.15, 0.2) is 18.2 Å². The number of carboxylic acids is 1. The average molecular weight is 306 g/mol. The van der Waals surface area contributed by atoms with Gasteiger partial charge in [0, 0.05) is 19.6 Å². The number of fused-ring (bicyclic) bond motifs is 1. The number of carbonyl (C=O) groups is 2. The van der Waals surface area contributed by atoms with Crippen molar-refractivity contribution in [2.24, 2.45) is 5.41 Å². The Balaban J connectivity index is 1.56. The van der Waals surface area contributed by atoms with E-state index in [2.05, 4.69) is 5.32 Å². The van der Waals surface area contributed by atoms with Crippen LogP contribution in [-0.4, -0.2) is 41.9 Å². The lowest BCUT2D eigenvalue weighted by atomic mass is 9.90. The fourth-order valence-corrected chi connectivity index (χ4v) is 2.65. The summed E-state index contributed by atoms with van der Waals surface area (Å²) in [4.78, 5) is 24.9. The maximum Gasteiger partial charge on any atom is 0.317 e. The molecule has 3 rings (SSSR count). The van der Waals surface area contributed by atoms with E-state index in [9.17, 15) is 14.7 Å². The SMILES string of the molecule is CC1(C(=O)O)CCN(C(=O)NCc2ccc3c(c2)OCO3)C1. The van der Waals surface area contributed by atoms with Gasteiger partial charge in [-0.25, -0.2) is 4.79 Å². The van der Waals surface area contributed by atoms with Crippen LogP contribution in [0.5, 0.6) is 11.5 Å². The number of aliphatic carboxylic acids is 1. The van der Waals surface area contributed by atoms with Gasteiger partial charge in [-0.1, -0.05) is 6.07 Å². The number of carboxylic acid groups (broad SMARTS) is 1. The molecule has 0 radical (unpaired) electrons. The van der Waals surface area contributed by atoms with Crippen LogP contribution in [0.1, 0.15) is 18.9 Å². The molecule has 0 saturated carbocycles. The topological polar surface area (TPSA) is 88.1 Å². The zero-order valence-electron chi connectivity index (χ0n) is 12.3. The van der Waals surface area contributed by atoms with Crippen molar-refractivity contribution >= 4 is 12.0 Å². The number of nitrogens with one attached hydrogen (secondary N) is 1. The largest absolute Gasteiger partial charge is 0.481 e. The summed E-state index contributed by atoms with van der Waals surface area (Å²) in [6, 6.07) is 5.25. The van der Waals surface area contributed by atoms with Gasteiger partial charge in [0.2, 0.25) is 6.79 Å². The summed E-state index contributed by atoms with van der Waals surface area (Å²) in [6.07, 6.45) is 0.472. The fourth-order valence-electron chi connectivity index (χ4n) is 2.65. The summed E-state index contributed by atoms with van der Waals surface area (Å²) in [7, 11) is 0. The molecule has 1 saturated heterocycles. The summed E-state index contributed by atoms with van der Waals surface area (Å²) < 4.78 is 10.5. The minimum atomic E-state index is -0.862. The van der Waals surface area contributed by atoms with Crippen LogP contribution in [0.4, 0.5) is 4.79 Å². The van der Waals surface area contributed by atoms with Gasteiger partial charge in [0.1, 0.15) is 0 Å². The summed E-state index contributed by atoms with van der Waals surface area (Å²) in [5, 5.41) is 12.0. The standard InChI is InChI=1S/C15H18N2O5/c1-15(13(18)19)4-5-17(8-15)14(20)16-7-10-2-3-11-12(6-10)22-9-21-11/h2-3,6H,4-5,7-9H2,1H3,(H,16,20)(H,18,19). The van der Waals surface area contributed by atoms with Crippen LogP contribution >= 0.6 is 0 Å². The van der Waals surface area contributed by atoms with Gasteiger partial charge < -0.3 is 24.8 Å². The molecule has 2 aliphatic heterocycles. The molecule has 2 N–H and O–H groups in total. The van der Waals surface area contributed by atoms with E-state index in [0.717, 1.165) is 5.56 Å². The predicted octanol–water partition coefficient (Wildman–Crippen LogP) is 1.42. The molecule has 1 aromatic carbocycles. The van der Waals surface area contributed by atoms with E-state index < -0.39 is 11.4 Å². The van der Waals surface area contributed by atoms with E-state index in [-0.39, 0.29) is 19.4 Å². The lowest BCUT2D eigenvalue weighted by molar-refractivity contribution is -0.147. The van der Waals surface area contributed by atoms with E-state index in [0.29, 0.717) is 31.0 Å². The summed E-state index contributed by atoms with van der Waals surface area (Å²) >= 11 is 0. The fraction of sp³-hybridized carbons (Fsp3) is 0.467. The van der Waals surface area contributed by atoms with Crippen molar-refractivity contribution in [3.8, 4) is 11.5 Å². The summed E-state index contributed by atoms with van der Waals surface area (Å²) in [5.41, 5.74) is 0.0496. The number of urea groups is 1. The molecule has 1 fully saturated rings. The summed E-state index contributed by atoms with van der Waals surface area (Å²) in [6.45, 7) is 2.92. The first-order valence-electron chi connectivity index (χ1n) is 7.13. The third kappa shape index (κ3) is 2.66. The lowest BCUT2D eigenvalue weighted by Crippen LogP contribution is -2.40. The Hall–Kier alpha value is -2.44. The highest BCUT2D eigenvalue weighted by atomic mass is 16.7. The number of hydrogen-bond donors (Lipinski definition) is 2. The van der Waals surface area contributed by atoms with E-state index >= 15 is 0 Å². The van der Waals surface area contributed by atoms with E-state index in [1.165, 1.54) is 0 Å². The van der Waals surface area contributed by atoms with Crippen molar-refractivity contribution in [3.05, 3.63) is 23.8 Å². The molecular formula is C15H18N2O5. The molecule has 7 nitrogen and oxygen atoms in total. The second kappa shape index (κ2) is 5.40. The maximum atomic E-state index is 12.1. The number of likely N-dealkylation sites (tertiary alicyclic amines) is 1. The third-order valence-electron chi connectivity index (χ3n) is 4.16. The molecule has 2 heterocycles. The van der Waals surface area contributed by atoms with Gasteiger partial charge in [0.25, 0.3) is 0 Å². The maximum absolute atomic E-state index is 12.1. The van der Waals surface area contributed by atoms with Crippen LogP contribution in [-0.2, 0) is 11.3 Å². The molecule has 1 atom stereocenters. The van der Waals surface area contributed by atoms with Crippen molar-refractivity contribution in [2.45, 2.75) is 19.9 Å². The van der Waals surface area contributed by atoms with E-state index in [4.69, 9.17) is 9.47 Å². The normalized spacial score (nSPS) is 22.7. The van der Waals surface area contributed by atoms with E-state index in [1.807, 2.05) is 12.1 Å². The number of benzene rings is 1. The molecule has 1 aromatic rings. The van der Waals surface area contributed by atoms with Crippen LogP contribution in [0.25, 0.3) is 0 Å². The van der Waals surface area contributed by atoms with Gasteiger partial charge in [-0.3, -0.25) is 4.79 Å². The quantitative estimate of drug-likeness (QED) is 0.882. The highest BCUT2D eigenvalue weighted by Gasteiger charge is 2.42. The van der Waals surface area contributed by atoms with Crippen molar-refractivity contribution in [3.63, 3.8) is 0 Å². The molecule has 0 spiro atoms. The second-order valence-corrected chi connectivity index (χ2v) is 5.88. The smallest absolute Gasteiger partial charge is 0.317 e. The molecule has 118 valence electrons. The van der Waals surface area contributed by atoms with Gasteiger partial charge in [0.15, 0.2) is 11.5 Å². The molecule has 0 aliphatic carbocycles. The van der Waals surface area contributed by atoms with Gasteiger partial charge in [-0.15, -0.1) is 0 Å². The summed E-state index contributed by atoms with van der Waals surface area (Å²) in [5.74, 6) is 0.511. The lowest BCUT2D eigenvalue weighted by Gasteiger charge is -2.20. The highest BCUT2D eigenvalue weighted by Crippen LogP contribution is 2.32. The highest BCUT2D eigenvalue weighted by molar-refractivity contribution is 5.79. The number of rotatable bonds is 3. The Morgan fingerprint density at radius 2 is 2.14 bits per heavy atom. The van der Waals surface area contributed by atoms with Crippen LogP contribution in [0, 0.1) is 5.41 Å². The molecule has 0 bridgehead atoms. The minimum Gasteiger partial charge on any atom is -0.481 e. The van der Waals surface area contributed by atoms with Crippen molar-refractivity contribution < 1.29 is 24.2 Å². The Morgan fingerprint density at radius 1 is 1.36 bits per heavy atom. The van der Waals surface area contributed by atoms with Gasteiger partial charge >= 0.3 is 12.0 Å². The van der Waals surface area contributed by atoms with E-state index in [1.54, 1.807) is 17.9 Å². The Kier molecular flexibility index (Phi) is 3.56. The van der Waals surface area contributed by atoms with Crippen LogP contribution < -0.4 is 14.8 Å². The molecule has 2 aliphatic rings. The molecule has 22 heavy (non-hydrogen) atoms. The van der Waals surface area contributed by atoms with Gasteiger partial charge in [0.05, 0.1) is 5.41 Å². The van der Waals surface area contributed by atoms with Crippen molar-refractivity contribution in [1.29, 1.82) is 0 Å². The second-order valence-electron chi connectivity index (χ2n) is 5.88. The molecular weight excluding hydrogens is 288 g/mol. The molecule has 0 aromatic heterocycles. The van der Waals surface area contributed by atoms with Crippen molar-refractivity contribution in [2.75, 3.05) is 19.9 Å². The van der Waals surface area contributed by atoms with Gasteiger partial charge in [-0.05, 0) is 31.0 Å².